The number of hydrogen-bond donors (Lipinski definition) is 0. The topological polar surface area (TPSA) is 48.4 Å². The van der Waals surface area contributed by atoms with E-state index in [1.54, 1.807) is 6.07 Å². The number of aromatic nitrogens is 1. The van der Waals surface area contributed by atoms with Crippen molar-refractivity contribution in [1.29, 1.82) is 0 Å². The Labute approximate surface area is 133 Å². The van der Waals surface area contributed by atoms with Crippen LogP contribution in [-0.4, -0.2) is 24.7 Å². The van der Waals surface area contributed by atoms with Gasteiger partial charge in [0.25, 0.3) is 0 Å². The normalized spacial score (nSPS) is 16.5. The average molecular weight is 372 g/mol. The second kappa shape index (κ2) is 5.38. The lowest BCUT2D eigenvalue weighted by Gasteiger charge is -2.09. The summed E-state index contributed by atoms with van der Waals surface area (Å²) in [5, 5.41) is 0.294. The zero-order valence-corrected chi connectivity index (χ0v) is 13.7. The summed E-state index contributed by atoms with van der Waals surface area (Å²) in [7, 11) is 1.32. The number of nitrogens with zero attached hydrogens (tertiary/aromatic N) is 1. The van der Waals surface area contributed by atoms with Gasteiger partial charge in [-0.25, -0.2) is 14.2 Å². The molecule has 2 aromatic rings. The van der Waals surface area contributed by atoms with Gasteiger partial charge < -0.3 is 9.47 Å². The Kier molecular flexibility index (Phi) is 3.71. The molecule has 0 spiro atoms. The first-order valence-electron chi connectivity index (χ1n) is 6.22. The summed E-state index contributed by atoms with van der Waals surface area (Å²) in [6.45, 7) is 2.39. The molecule has 0 saturated carbocycles. The molecule has 0 fully saturated rings. The van der Waals surface area contributed by atoms with Crippen molar-refractivity contribution in [3.05, 3.63) is 32.3 Å². The second-order valence-electron chi connectivity index (χ2n) is 4.70. The van der Waals surface area contributed by atoms with Crippen LogP contribution < -0.4 is 4.74 Å². The third-order valence-electron chi connectivity index (χ3n) is 3.23. The highest BCUT2D eigenvalue weighted by Crippen LogP contribution is 2.43. The van der Waals surface area contributed by atoms with Gasteiger partial charge in [0.1, 0.15) is 11.6 Å². The van der Waals surface area contributed by atoms with Crippen molar-refractivity contribution in [2.45, 2.75) is 12.8 Å². The number of methoxy groups -OCH3 is 1. The molecular weight excluding hydrogens is 361 g/mol. The van der Waals surface area contributed by atoms with Crippen LogP contribution in [0.2, 0.25) is 0 Å². The predicted molar refractivity (Wildman–Crippen MR) is 80.5 cm³/mol. The first-order chi connectivity index (χ1) is 10.0. The van der Waals surface area contributed by atoms with E-state index in [1.807, 2.05) is 6.92 Å². The first kappa shape index (κ1) is 14.5. The van der Waals surface area contributed by atoms with Crippen LogP contribution >= 0.6 is 27.3 Å². The molecular formula is C14H11BrFNO3S. The second-order valence-corrected chi connectivity index (χ2v) is 6.58. The number of halogens is 2. The molecule has 3 rings (SSSR count). The lowest BCUT2D eigenvalue weighted by Crippen LogP contribution is -2.04. The minimum absolute atomic E-state index is 0.0603. The standard InChI is InChI=1S/C14H11BrFNO3S/c1-6-5-20-10-4-9(16)8(15)3-7(10)11-12(6)21-13(17-11)14(18)19-2/h3-4,6H,5H2,1-2H3. The molecule has 0 bridgehead atoms. The van der Waals surface area contributed by atoms with Gasteiger partial charge in [-0.3, -0.25) is 0 Å². The van der Waals surface area contributed by atoms with Gasteiger partial charge in [-0.15, -0.1) is 11.3 Å². The molecule has 1 atom stereocenters. The predicted octanol–water partition coefficient (Wildman–Crippen LogP) is 3.99. The van der Waals surface area contributed by atoms with E-state index in [9.17, 15) is 9.18 Å². The maximum absolute atomic E-state index is 13.7. The number of hydrogen-bond acceptors (Lipinski definition) is 5. The fourth-order valence-electron chi connectivity index (χ4n) is 2.16. The fraction of sp³-hybridized carbons (Fsp3) is 0.286. The average Bonchev–Trinajstić information content (AvgIpc) is 2.87. The highest BCUT2D eigenvalue weighted by Gasteiger charge is 2.28. The summed E-state index contributed by atoms with van der Waals surface area (Å²) < 4.78 is 24.4. The van der Waals surface area contributed by atoms with Crippen LogP contribution in [0.1, 0.15) is 27.5 Å². The lowest BCUT2D eigenvalue weighted by atomic mass is 10.1. The number of esters is 1. The van der Waals surface area contributed by atoms with E-state index >= 15 is 0 Å². The molecule has 7 heteroatoms. The van der Waals surface area contributed by atoms with Gasteiger partial charge in [-0.05, 0) is 22.0 Å². The van der Waals surface area contributed by atoms with Crippen molar-refractivity contribution in [3.8, 4) is 17.0 Å². The largest absolute Gasteiger partial charge is 0.492 e. The maximum Gasteiger partial charge on any atom is 0.367 e. The third-order valence-corrected chi connectivity index (χ3v) is 5.10. The molecule has 110 valence electrons. The van der Waals surface area contributed by atoms with E-state index < -0.39 is 11.8 Å². The van der Waals surface area contributed by atoms with Crippen LogP contribution in [0.25, 0.3) is 11.3 Å². The Hall–Kier alpha value is -1.47. The van der Waals surface area contributed by atoms with Gasteiger partial charge in [-0.2, -0.15) is 0 Å². The molecule has 4 nitrogen and oxygen atoms in total. The smallest absolute Gasteiger partial charge is 0.367 e. The number of ether oxygens (including phenoxy) is 2. The molecule has 0 N–H and O–H groups in total. The van der Waals surface area contributed by atoms with Gasteiger partial charge in [0.05, 0.1) is 23.9 Å². The van der Waals surface area contributed by atoms with Crippen molar-refractivity contribution < 1.29 is 18.7 Å². The number of benzene rings is 1. The summed E-state index contributed by atoms with van der Waals surface area (Å²) in [6.07, 6.45) is 0. The van der Waals surface area contributed by atoms with Gasteiger partial charge in [0.15, 0.2) is 0 Å². The van der Waals surface area contributed by atoms with E-state index in [0.717, 1.165) is 4.88 Å². The number of rotatable bonds is 1. The van der Waals surface area contributed by atoms with E-state index in [-0.39, 0.29) is 5.92 Å². The molecule has 0 aliphatic carbocycles. The first-order valence-corrected chi connectivity index (χ1v) is 7.83. The summed E-state index contributed by atoms with van der Waals surface area (Å²) in [5.41, 5.74) is 1.33. The van der Waals surface area contributed by atoms with Crippen molar-refractivity contribution in [2.24, 2.45) is 0 Å². The van der Waals surface area contributed by atoms with Crippen LogP contribution in [-0.2, 0) is 4.74 Å². The molecule has 1 aliphatic rings. The highest BCUT2D eigenvalue weighted by molar-refractivity contribution is 9.10. The molecule has 1 aromatic carbocycles. The number of carbonyl (C=O) groups is 1. The van der Waals surface area contributed by atoms with Gasteiger partial charge in [0, 0.05) is 22.4 Å². The molecule has 21 heavy (non-hydrogen) atoms. The molecule has 0 saturated heterocycles. The summed E-state index contributed by atoms with van der Waals surface area (Å²) in [5.74, 6) is -0.370. The number of fused-ring (bicyclic) bond motifs is 3. The molecule has 2 heterocycles. The van der Waals surface area contributed by atoms with Crippen LogP contribution in [0, 0.1) is 5.82 Å². The minimum atomic E-state index is -0.469. The van der Waals surface area contributed by atoms with Gasteiger partial charge in [0.2, 0.25) is 5.01 Å². The Balaban J connectivity index is 2.22. The Morgan fingerprint density at radius 1 is 1.57 bits per heavy atom. The van der Waals surface area contributed by atoms with Gasteiger partial charge in [-0.1, -0.05) is 6.92 Å². The highest BCUT2D eigenvalue weighted by atomic mass is 79.9. The number of thiazole rings is 1. The van der Waals surface area contributed by atoms with Crippen LogP contribution in [0.3, 0.4) is 0 Å². The fourth-order valence-corrected chi connectivity index (χ4v) is 3.53. The molecule has 0 amide bonds. The van der Waals surface area contributed by atoms with Crippen molar-refractivity contribution in [3.63, 3.8) is 0 Å². The van der Waals surface area contributed by atoms with Crippen molar-refractivity contribution >= 4 is 33.2 Å². The van der Waals surface area contributed by atoms with E-state index in [2.05, 4.69) is 20.9 Å². The Morgan fingerprint density at radius 2 is 2.33 bits per heavy atom. The van der Waals surface area contributed by atoms with E-state index in [4.69, 9.17) is 9.47 Å². The van der Waals surface area contributed by atoms with E-state index in [0.29, 0.717) is 33.1 Å². The van der Waals surface area contributed by atoms with Crippen molar-refractivity contribution in [2.75, 3.05) is 13.7 Å². The quantitative estimate of drug-likeness (QED) is 0.711. The molecule has 1 unspecified atom stereocenters. The molecule has 0 radical (unpaired) electrons. The summed E-state index contributed by atoms with van der Waals surface area (Å²) >= 11 is 4.46. The Bertz CT molecular complexity index is 731. The zero-order valence-electron chi connectivity index (χ0n) is 11.3. The number of carbonyl (C=O) groups excluding carboxylic acids is 1. The Morgan fingerprint density at radius 3 is 3.05 bits per heavy atom. The van der Waals surface area contributed by atoms with Crippen LogP contribution in [0.4, 0.5) is 4.39 Å². The third kappa shape index (κ3) is 2.44. The summed E-state index contributed by atoms with van der Waals surface area (Å²) in [6, 6.07) is 2.96. The van der Waals surface area contributed by atoms with Gasteiger partial charge >= 0.3 is 5.97 Å². The molecule has 1 aliphatic heterocycles. The zero-order chi connectivity index (χ0) is 15.1. The monoisotopic (exact) mass is 371 g/mol. The van der Waals surface area contributed by atoms with E-state index in [1.165, 1.54) is 24.5 Å². The van der Waals surface area contributed by atoms with Crippen LogP contribution in [0.15, 0.2) is 16.6 Å². The molecule has 1 aromatic heterocycles. The summed E-state index contributed by atoms with van der Waals surface area (Å²) in [4.78, 5) is 17.0. The maximum atomic E-state index is 13.7. The SMILES string of the molecule is COC(=O)c1nc2c(s1)C(C)COc1cc(F)c(Br)cc1-2. The van der Waals surface area contributed by atoms with Crippen molar-refractivity contribution in [1.82, 2.24) is 4.98 Å². The minimum Gasteiger partial charge on any atom is -0.492 e. The lowest BCUT2D eigenvalue weighted by molar-refractivity contribution is 0.0600. The van der Waals surface area contributed by atoms with Crippen LogP contribution in [0.5, 0.6) is 5.75 Å².